The summed E-state index contributed by atoms with van der Waals surface area (Å²) < 4.78 is 46.7. The van der Waals surface area contributed by atoms with Gasteiger partial charge in [0.2, 0.25) is 0 Å². The summed E-state index contributed by atoms with van der Waals surface area (Å²) in [6, 6.07) is 7.63. The van der Waals surface area contributed by atoms with Crippen molar-refractivity contribution in [2.45, 2.75) is 39.2 Å². The van der Waals surface area contributed by atoms with Crippen molar-refractivity contribution < 1.29 is 22.6 Å². The zero-order valence-corrected chi connectivity index (χ0v) is 19.8. The molecule has 0 radical (unpaired) electrons. The van der Waals surface area contributed by atoms with Gasteiger partial charge < -0.3 is 20.1 Å². The molecule has 1 heterocycles. The summed E-state index contributed by atoms with van der Waals surface area (Å²) >= 11 is 0. The second-order valence-corrected chi connectivity index (χ2v) is 7.00. The second-order valence-electron chi connectivity index (χ2n) is 7.00. The fourth-order valence-corrected chi connectivity index (χ4v) is 3.01. The minimum atomic E-state index is -4.31. The van der Waals surface area contributed by atoms with Gasteiger partial charge in [0.25, 0.3) is 0 Å². The standard InChI is InChI=1S/C20H31F3N4O2.HI/c1-3-24-19(25-12-16(2)27-7-9-28-10-8-27)26-13-17-5-4-6-18(11-17)14-29-15-20(21,22)23;/h4-6,11,16H,3,7-10,12-15H2,1-2H3,(H2,24,25,26);1H. The largest absolute Gasteiger partial charge is 0.411 e. The number of hydrogen-bond acceptors (Lipinski definition) is 4. The quantitative estimate of drug-likeness (QED) is 0.284. The van der Waals surface area contributed by atoms with Gasteiger partial charge in [-0.25, -0.2) is 4.99 Å². The normalized spacial score (nSPS) is 16.6. The lowest BCUT2D eigenvalue weighted by atomic mass is 10.1. The first kappa shape index (κ1) is 26.9. The molecule has 2 N–H and O–H groups in total. The van der Waals surface area contributed by atoms with Crippen LogP contribution in [-0.4, -0.2) is 69.1 Å². The second kappa shape index (κ2) is 14.0. The van der Waals surface area contributed by atoms with Crippen molar-refractivity contribution in [3.05, 3.63) is 35.4 Å². The molecule has 10 heteroatoms. The van der Waals surface area contributed by atoms with Crippen LogP contribution in [0.25, 0.3) is 0 Å². The fraction of sp³-hybridized carbons (Fsp3) is 0.650. The van der Waals surface area contributed by atoms with E-state index in [1.807, 2.05) is 19.1 Å². The van der Waals surface area contributed by atoms with Crippen LogP contribution in [0.15, 0.2) is 29.3 Å². The van der Waals surface area contributed by atoms with Crippen LogP contribution in [0.2, 0.25) is 0 Å². The number of hydrogen-bond donors (Lipinski definition) is 2. The summed E-state index contributed by atoms with van der Waals surface area (Å²) in [6.07, 6.45) is -4.31. The molecule has 2 rings (SSSR count). The molecular formula is C20H32F3IN4O2. The molecule has 1 unspecified atom stereocenters. The van der Waals surface area contributed by atoms with Gasteiger partial charge in [0.05, 0.1) is 26.4 Å². The van der Waals surface area contributed by atoms with E-state index in [9.17, 15) is 13.2 Å². The van der Waals surface area contributed by atoms with Gasteiger partial charge in [0.1, 0.15) is 6.61 Å². The Morgan fingerprint density at radius 3 is 2.60 bits per heavy atom. The molecule has 6 nitrogen and oxygen atoms in total. The van der Waals surface area contributed by atoms with Gasteiger partial charge in [-0.3, -0.25) is 4.90 Å². The first-order valence-corrected chi connectivity index (χ1v) is 9.93. The predicted molar refractivity (Wildman–Crippen MR) is 122 cm³/mol. The van der Waals surface area contributed by atoms with E-state index in [0.717, 1.165) is 45.0 Å². The number of benzene rings is 1. The molecule has 1 fully saturated rings. The van der Waals surface area contributed by atoms with Gasteiger partial charge in [0, 0.05) is 32.2 Å². The topological polar surface area (TPSA) is 58.1 Å². The molecule has 30 heavy (non-hydrogen) atoms. The van der Waals surface area contributed by atoms with Crippen molar-refractivity contribution in [1.82, 2.24) is 15.5 Å². The monoisotopic (exact) mass is 544 g/mol. The Labute approximate surface area is 193 Å². The maximum atomic E-state index is 12.2. The molecule has 1 aliphatic rings. The molecule has 1 atom stereocenters. The molecule has 1 saturated heterocycles. The summed E-state index contributed by atoms with van der Waals surface area (Å²) in [6.45, 7) is 8.17. The van der Waals surface area contributed by atoms with Gasteiger partial charge in [-0.2, -0.15) is 13.2 Å². The van der Waals surface area contributed by atoms with Crippen molar-refractivity contribution in [3.63, 3.8) is 0 Å². The molecule has 0 aromatic heterocycles. The summed E-state index contributed by atoms with van der Waals surface area (Å²) in [7, 11) is 0. The SMILES string of the molecule is CCNC(=NCc1cccc(COCC(F)(F)F)c1)NCC(C)N1CCOCC1.I. The average Bonchev–Trinajstić information content (AvgIpc) is 2.70. The summed E-state index contributed by atoms with van der Waals surface area (Å²) in [5, 5.41) is 6.58. The van der Waals surface area contributed by atoms with E-state index in [-0.39, 0.29) is 30.6 Å². The number of ether oxygens (including phenoxy) is 2. The molecule has 1 aromatic carbocycles. The highest BCUT2D eigenvalue weighted by atomic mass is 127. The summed E-state index contributed by atoms with van der Waals surface area (Å²) in [4.78, 5) is 6.97. The van der Waals surface area contributed by atoms with Crippen LogP contribution >= 0.6 is 24.0 Å². The Bertz CT molecular complexity index is 641. The number of nitrogens with zero attached hydrogens (tertiary/aromatic N) is 2. The van der Waals surface area contributed by atoms with E-state index >= 15 is 0 Å². The number of halogens is 4. The highest BCUT2D eigenvalue weighted by Gasteiger charge is 2.27. The van der Waals surface area contributed by atoms with Crippen molar-refractivity contribution in [2.75, 3.05) is 46.0 Å². The Kier molecular flexibility index (Phi) is 12.6. The lowest BCUT2D eigenvalue weighted by Crippen LogP contribution is -2.49. The highest BCUT2D eigenvalue weighted by Crippen LogP contribution is 2.16. The molecule has 0 spiro atoms. The third-order valence-electron chi connectivity index (χ3n) is 4.52. The van der Waals surface area contributed by atoms with Crippen LogP contribution in [0, 0.1) is 0 Å². The third-order valence-corrected chi connectivity index (χ3v) is 4.52. The van der Waals surface area contributed by atoms with Gasteiger partial charge in [0.15, 0.2) is 5.96 Å². The van der Waals surface area contributed by atoms with E-state index in [1.165, 1.54) is 0 Å². The lowest BCUT2D eigenvalue weighted by Gasteiger charge is -2.32. The number of alkyl halides is 3. The van der Waals surface area contributed by atoms with Crippen LogP contribution < -0.4 is 10.6 Å². The Morgan fingerprint density at radius 1 is 1.23 bits per heavy atom. The Hall–Kier alpha value is -1.11. The molecule has 0 bridgehead atoms. The smallest absolute Gasteiger partial charge is 0.379 e. The Balaban J connectivity index is 0.00000450. The van der Waals surface area contributed by atoms with Crippen LogP contribution in [0.5, 0.6) is 0 Å². The van der Waals surface area contributed by atoms with Crippen molar-refractivity contribution in [3.8, 4) is 0 Å². The molecule has 1 aromatic rings. The van der Waals surface area contributed by atoms with E-state index < -0.39 is 12.8 Å². The van der Waals surface area contributed by atoms with Crippen LogP contribution in [-0.2, 0) is 22.6 Å². The van der Waals surface area contributed by atoms with E-state index in [4.69, 9.17) is 9.47 Å². The molecule has 0 amide bonds. The van der Waals surface area contributed by atoms with E-state index in [1.54, 1.807) is 12.1 Å². The van der Waals surface area contributed by atoms with Crippen LogP contribution in [0.3, 0.4) is 0 Å². The zero-order chi connectivity index (χ0) is 21.1. The fourth-order valence-electron chi connectivity index (χ4n) is 3.01. The van der Waals surface area contributed by atoms with Gasteiger partial charge in [-0.1, -0.05) is 24.3 Å². The van der Waals surface area contributed by atoms with E-state index in [0.29, 0.717) is 24.1 Å². The summed E-state index contributed by atoms with van der Waals surface area (Å²) in [5.41, 5.74) is 1.61. The van der Waals surface area contributed by atoms with Crippen LogP contribution in [0.4, 0.5) is 13.2 Å². The van der Waals surface area contributed by atoms with Crippen LogP contribution in [0.1, 0.15) is 25.0 Å². The zero-order valence-electron chi connectivity index (χ0n) is 17.5. The molecule has 0 saturated carbocycles. The molecule has 0 aliphatic carbocycles. The predicted octanol–water partition coefficient (Wildman–Crippen LogP) is 3.16. The van der Waals surface area contributed by atoms with E-state index in [2.05, 4.69) is 27.4 Å². The number of guanidine groups is 1. The van der Waals surface area contributed by atoms with Gasteiger partial charge in [-0.05, 0) is 25.0 Å². The number of morpholine rings is 1. The van der Waals surface area contributed by atoms with Crippen molar-refractivity contribution in [2.24, 2.45) is 4.99 Å². The van der Waals surface area contributed by atoms with Gasteiger partial charge >= 0.3 is 6.18 Å². The Morgan fingerprint density at radius 2 is 1.93 bits per heavy atom. The van der Waals surface area contributed by atoms with Crippen molar-refractivity contribution >= 4 is 29.9 Å². The first-order valence-electron chi connectivity index (χ1n) is 9.93. The number of rotatable bonds is 9. The first-order chi connectivity index (χ1) is 13.9. The molecule has 1 aliphatic heterocycles. The van der Waals surface area contributed by atoms with Crippen molar-refractivity contribution in [1.29, 1.82) is 0 Å². The van der Waals surface area contributed by atoms with Gasteiger partial charge in [-0.15, -0.1) is 24.0 Å². The minimum Gasteiger partial charge on any atom is -0.379 e. The average molecular weight is 544 g/mol. The molecular weight excluding hydrogens is 512 g/mol. The summed E-state index contributed by atoms with van der Waals surface area (Å²) in [5.74, 6) is 0.714. The lowest BCUT2D eigenvalue weighted by molar-refractivity contribution is -0.176. The number of aliphatic imine (C=N–C) groups is 1. The number of nitrogens with one attached hydrogen (secondary N) is 2. The molecule has 172 valence electrons. The maximum Gasteiger partial charge on any atom is 0.411 e. The third kappa shape index (κ3) is 10.8. The minimum absolute atomic E-state index is 0. The maximum absolute atomic E-state index is 12.2. The highest BCUT2D eigenvalue weighted by molar-refractivity contribution is 14.0.